The zero-order valence-electron chi connectivity index (χ0n) is 15.6. The van der Waals surface area contributed by atoms with Gasteiger partial charge in [0.05, 0.1) is 17.1 Å². The van der Waals surface area contributed by atoms with E-state index < -0.39 is 0 Å². The van der Waals surface area contributed by atoms with Gasteiger partial charge in [-0.25, -0.2) is 5.43 Å². The van der Waals surface area contributed by atoms with Crippen LogP contribution in [0.5, 0.6) is 11.5 Å². The second-order valence-electron chi connectivity index (χ2n) is 6.64. The number of para-hydroxylation sites is 1. The van der Waals surface area contributed by atoms with Crippen molar-refractivity contribution in [3.63, 3.8) is 0 Å². The number of ether oxygens (including phenoxy) is 2. The Kier molecular flexibility index (Phi) is 4.37. The molecule has 0 bridgehead atoms. The Morgan fingerprint density at radius 1 is 0.966 bits per heavy atom. The molecular formula is C22H17N3O3S. The number of hydrogen-bond acceptors (Lipinski definition) is 6. The number of carbonyl (C=O) groups is 1. The number of anilines is 2. The first-order chi connectivity index (χ1) is 14.2. The molecule has 0 aromatic heterocycles. The number of amides is 1. The summed E-state index contributed by atoms with van der Waals surface area (Å²) in [6, 6.07) is 19.4. The number of hydrazone groups is 1. The molecule has 2 aliphatic rings. The number of nitrogens with zero attached hydrogens (tertiary/aromatic N) is 1. The van der Waals surface area contributed by atoms with Crippen molar-refractivity contribution in [1.29, 1.82) is 0 Å². The maximum absolute atomic E-state index is 12.4. The van der Waals surface area contributed by atoms with Crippen molar-refractivity contribution in [2.24, 2.45) is 5.10 Å². The van der Waals surface area contributed by atoms with Crippen molar-refractivity contribution in [3.05, 3.63) is 71.8 Å². The fourth-order valence-electron chi connectivity index (χ4n) is 3.17. The average Bonchev–Trinajstić information content (AvgIpc) is 3.23. The fourth-order valence-corrected chi connectivity index (χ4v) is 4.13. The standard InChI is InChI=1S/C22H17N3O3S/c1-13(24-25-22(26)15-6-8-18-19(11-15)28-12-27-18)14-7-9-21-17(10-14)23-16-4-2-3-5-20(16)29-21/h2-11,23H,12H2,1H3,(H,25,26). The van der Waals surface area contributed by atoms with Gasteiger partial charge in [-0.1, -0.05) is 30.0 Å². The van der Waals surface area contributed by atoms with Crippen LogP contribution in [0.4, 0.5) is 11.4 Å². The second kappa shape index (κ2) is 7.18. The normalized spacial score (nSPS) is 13.9. The van der Waals surface area contributed by atoms with Crippen LogP contribution in [0.15, 0.2) is 75.6 Å². The van der Waals surface area contributed by atoms with Crippen LogP contribution in [0.3, 0.4) is 0 Å². The first-order valence-corrected chi connectivity index (χ1v) is 9.92. The van der Waals surface area contributed by atoms with Crippen molar-refractivity contribution in [3.8, 4) is 11.5 Å². The van der Waals surface area contributed by atoms with E-state index in [0.717, 1.165) is 21.8 Å². The lowest BCUT2D eigenvalue weighted by molar-refractivity contribution is 0.0954. The van der Waals surface area contributed by atoms with E-state index >= 15 is 0 Å². The topological polar surface area (TPSA) is 72.0 Å². The molecule has 29 heavy (non-hydrogen) atoms. The molecule has 0 spiro atoms. The summed E-state index contributed by atoms with van der Waals surface area (Å²) < 4.78 is 10.6. The summed E-state index contributed by atoms with van der Waals surface area (Å²) in [6.45, 7) is 2.04. The molecule has 2 aliphatic heterocycles. The van der Waals surface area contributed by atoms with Gasteiger partial charge >= 0.3 is 0 Å². The maximum atomic E-state index is 12.4. The van der Waals surface area contributed by atoms with Crippen molar-refractivity contribution >= 4 is 34.8 Å². The van der Waals surface area contributed by atoms with Crippen LogP contribution in [0.1, 0.15) is 22.8 Å². The molecule has 0 saturated carbocycles. The minimum absolute atomic E-state index is 0.173. The average molecular weight is 403 g/mol. The molecular weight excluding hydrogens is 386 g/mol. The Morgan fingerprint density at radius 2 is 1.76 bits per heavy atom. The molecule has 2 heterocycles. The third-order valence-electron chi connectivity index (χ3n) is 4.73. The molecule has 0 atom stereocenters. The van der Waals surface area contributed by atoms with Crippen molar-refractivity contribution < 1.29 is 14.3 Å². The number of benzene rings is 3. The molecule has 0 radical (unpaired) electrons. The lowest BCUT2D eigenvalue weighted by atomic mass is 10.1. The van der Waals surface area contributed by atoms with E-state index in [1.54, 1.807) is 30.0 Å². The highest BCUT2D eigenvalue weighted by Crippen LogP contribution is 2.44. The summed E-state index contributed by atoms with van der Waals surface area (Å²) in [4.78, 5) is 14.8. The minimum atomic E-state index is -0.303. The van der Waals surface area contributed by atoms with Gasteiger partial charge < -0.3 is 14.8 Å². The van der Waals surface area contributed by atoms with Crippen LogP contribution in [-0.4, -0.2) is 18.4 Å². The van der Waals surface area contributed by atoms with Gasteiger partial charge in [-0.05, 0) is 55.0 Å². The van der Waals surface area contributed by atoms with Gasteiger partial charge in [-0.3, -0.25) is 4.79 Å². The molecule has 0 fully saturated rings. The monoisotopic (exact) mass is 403 g/mol. The molecule has 0 saturated heterocycles. The highest BCUT2D eigenvalue weighted by atomic mass is 32.2. The molecule has 3 aromatic rings. The van der Waals surface area contributed by atoms with Gasteiger partial charge in [-0.15, -0.1) is 0 Å². The van der Waals surface area contributed by atoms with E-state index in [2.05, 4.69) is 34.0 Å². The number of rotatable bonds is 3. The highest BCUT2D eigenvalue weighted by molar-refractivity contribution is 7.99. The molecule has 6 nitrogen and oxygen atoms in total. The maximum Gasteiger partial charge on any atom is 0.271 e. The molecule has 0 unspecified atom stereocenters. The number of fused-ring (bicyclic) bond motifs is 3. The lowest BCUT2D eigenvalue weighted by Crippen LogP contribution is -2.19. The van der Waals surface area contributed by atoms with Crippen LogP contribution in [0.2, 0.25) is 0 Å². The van der Waals surface area contributed by atoms with Crippen LogP contribution in [0.25, 0.3) is 0 Å². The highest BCUT2D eigenvalue weighted by Gasteiger charge is 2.17. The number of carbonyl (C=O) groups excluding carboxylic acids is 1. The van der Waals surface area contributed by atoms with Crippen LogP contribution < -0.4 is 20.2 Å². The van der Waals surface area contributed by atoms with Gasteiger partial charge in [0.1, 0.15) is 0 Å². The van der Waals surface area contributed by atoms with E-state index in [1.165, 1.54) is 4.90 Å². The molecule has 3 aromatic carbocycles. The Labute approximate surface area is 171 Å². The van der Waals surface area contributed by atoms with Gasteiger partial charge in [0.2, 0.25) is 6.79 Å². The van der Waals surface area contributed by atoms with E-state index in [1.807, 2.05) is 31.2 Å². The zero-order valence-corrected chi connectivity index (χ0v) is 16.4. The Bertz CT molecular complexity index is 1160. The number of nitrogens with one attached hydrogen (secondary N) is 2. The molecule has 2 N–H and O–H groups in total. The molecule has 1 amide bonds. The van der Waals surface area contributed by atoms with Crippen molar-refractivity contribution in [1.82, 2.24) is 5.43 Å². The Balaban J connectivity index is 1.32. The summed E-state index contributed by atoms with van der Waals surface area (Å²) >= 11 is 1.73. The van der Waals surface area contributed by atoms with E-state index in [4.69, 9.17) is 9.47 Å². The van der Waals surface area contributed by atoms with Crippen molar-refractivity contribution in [2.75, 3.05) is 12.1 Å². The van der Waals surface area contributed by atoms with E-state index in [0.29, 0.717) is 22.8 Å². The Morgan fingerprint density at radius 3 is 2.69 bits per heavy atom. The second-order valence-corrected chi connectivity index (χ2v) is 7.72. The van der Waals surface area contributed by atoms with Crippen LogP contribution >= 0.6 is 11.8 Å². The zero-order chi connectivity index (χ0) is 19.8. The first-order valence-electron chi connectivity index (χ1n) is 9.10. The smallest absolute Gasteiger partial charge is 0.271 e. The first kappa shape index (κ1) is 17.6. The number of hydrogen-bond donors (Lipinski definition) is 2. The van der Waals surface area contributed by atoms with E-state index in [-0.39, 0.29) is 12.7 Å². The van der Waals surface area contributed by atoms with Gasteiger partial charge in [0, 0.05) is 15.4 Å². The summed E-state index contributed by atoms with van der Waals surface area (Å²) in [5.74, 6) is 0.905. The van der Waals surface area contributed by atoms with Crippen LogP contribution in [-0.2, 0) is 0 Å². The minimum Gasteiger partial charge on any atom is -0.454 e. The van der Waals surface area contributed by atoms with E-state index in [9.17, 15) is 4.79 Å². The molecule has 7 heteroatoms. The largest absolute Gasteiger partial charge is 0.454 e. The SMILES string of the molecule is CC(=NNC(=O)c1ccc2c(c1)OCO2)c1ccc2c(c1)Nc1ccccc1S2. The quantitative estimate of drug-likeness (QED) is 0.381. The summed E-state index contributed by atoms with van der Waals surface area (Å²) in [7, 11) is 0. The van der Waals surface area contributed by atoms with Gasteiger partial charge in [0.25, 0.3) is 5.91 Å². The summed E-state index contributed by atoms with van der Waals surface area (Å²) in [5, 5.41) is 7.73. The summed E-state index contributed by atoms with van der Waals surface area (Å²) in [6.07, 6.45) is 0. The van der Waals surface area contributed by atoms with Gasteiger partial charge in [0.15, 0.2) is 11.5 Å². The van der Waals surface area contributed by atoms with Crippen molar-refractivity contribution in [2.45, 2.75) is 16.7 Å². The summed E-state index contributed by atoms with van der Waals surface area (Å²) in [5.41, 5.74) is 6.84. The predicted octanol–water partition coefficient (Wildman–Crippen LogP) is 4.78. The third kappa shape index (κ3) is 3.40. The van der Waals surface area contributed by atoms with Crippen LogP contribution in [0, 0.1) is 0 Å². The third-order valence-corrected chi connectivity index (χ3v) is 5.89. The Hall–Kier alpha value is -3.45. The predicted molar refractivity (Wildman–Crippen MR) is 113 cm³/mol. The molecule has 0 aliphatic carbocycles. The fraction of sp³-hybridized carbons (Fsp3) is 0.0909. The van der Waals surface area contributed by atoms with Gasteiger partial charge in [-0.2, -0.15) is 5.10 Å². The lowest BCUT2D eigenvalue weighted by Gasteiger charge is -2.21. The molecule has 144 valence electrons. The molecule has 5 rings (SSSR count).